The number of nitrogens with zero attached hydrogens (tertiary/aromatic N) is 4. The van der Waals surface area contributed by atoms with Gasteiger partial charge in [-0.05, 0) is 33.6 Å². The molecule has 0 spiro atoms. The van der Waals surface area contributed by atoms with Crippen LogP contribution in [0.4, 0.5) is 0 Å². The second kappa shape index (κ2) is 6.12. The second-order valence-electron chi connectivity index (χ2n) is 5.75. The fourth-order valence-electron chi connectivity index (χ4n) is 2.99. The quantitative estimate of drug-likeness (QED) is 0.873. The van der Waals surface area contributed by atoms with Gasteiger partial charge in [-0.1, -0.05) is 0 Å². The number of amides is 1. The molecule has 0 saturated carbocycles. The van der Waals surface area contributed by atoms with Crippen molar-refractivity contribution in [1.29, 1.82) is 0 Å². The molecule has 116 valence electrons. The Morgan fingerprint density at radius 3 is 2.82 bits per heavy atom. The van der Waals surface area contributed by atoms with Crippen LogP contribution in [0.5, 0.6) is 0 Å². The van der Waals surface area contributed by atoms with E-state index in [1.54, 1.807) is 23.7 Å². The summed E-state index contributed by atoms with van der Waals surface area (Å²) in [5, 5.41) is 1.02. The standard InChI is InChI=1S/C16H20N4OS/c1-10-8-17-9-13(18-10)14-5-4-6-20(14)16(21)7-15-11(2)19-12(3)22-15/h8-9,14H,4-7H2,1-3H3/t14-/m1/s1. The highest BCUT2D eigenvalue weighted by molar-refractivity contribution is 7.11. The van der Waals surface area contributed by atoms with Crippen LogP contribution in [0.2, 0.25) is 0 Å². The first-order chi connectivity index (χ1) is 10.5. The molecule has 1 saturated heterocycles. The van der Waals surface area contributed by atoms with Crippen LogP contribution in [0.25, 0.3) is 0 Å². The van der Waals surface area contributed by atoms with E-state index in [-0.39, 0.29) is 11.9 Å². The maximum absolute atomic E-state index is 12.7. The highest BCUT2D eigenvalue weighted by atomic mass is 32.1. The minimum Gasteiger partial charge on any atom is -0.334 e. The molecule has 0 N–H and O–H groups in total. The number of hydrogen-bond acceptors (Lipinski definition) is 5. The van der Waals surface area contributed by atoms with E-state index in [1.807, 2.05) is 25.7 Å². The van der Waals surface area contributed by atoms with Crippen molar-refractivity contribution < 1.29 is 4.79 Å². The number of rotatable bonds is 3. The number of hydrogen-bond donors (Lipinski definition) is 0. The average Bonchev–Trinajstić information content (AvgIpc) is 3.06. The van der Waals surface area contributed by atoms with Gasteiger partial charge in [-0.25, -0.2) is 4.98 Å². The molecule has 0 bridgehead atoms. The molecule has 0 aliphatic carbocycles. The zero-order valence-electron chi connectivity index (χ0n) is 13.2. The minimum absolute atomic E-state index is 0.0641. The van der Waals surface area contributed by atoms with Gasteiger partial charge in [0, 0.05) is 17.6 Å². The number of likely N-dealkylation sites (tertiary alicyclic amines) is 1. The van der Waals surface area contributed by atoms with Gasteiger partial charge in [0.25, 0.3) is 0 Å². The summed E-state index contributed by atoms with van der Waals surface area (Å²) in [4.78, 5) is 28.9. The van der Waals surface area contributed by atoms with E-state index in [9.17, 15) is 4.79 Å². The number of carbonyl (C=O) groups excluding carboxylic acids is 1. The third-order valence-corrected chi connectivity index (χ3v) is 5.07. The van der Waals surface area contributed by atoms with E-state index in [1.165, 1.54) is 0 Å². The van der Waals surface area contributed by atoms with Crippen molar-refractivity contribution in [2.75, 3.05) is 6.54 Å². The Bertz CT molecular complexity index is 697. The number of aryl methyl sites for hydroxylation is 3. The van der Waals surface area contributed by atoms with Crippen molar-refractivity contribution in [3.63, 3.8) is 0 Å². The zero-order chi connectivity index (χ0) is 15.7. The highest BCUT2D eigenvalue weighted by Crippen LogP contribution is 2.31. The Balaban J connectivity index is 1.78. The van der Waals surface area contributed by atoms with Gasteiger partial charge in [-0.2, -0.15) is 0 Å². The van der Waals surface area contributed by atoms with Gasteiger partial charge < -0.3 is 4.90 Å². The lowest BCUT2D eigenvalue weighted by Crippen LogP contribution is -2.32. The maximum Gasteiger partial charge on any atom is 0.228 e. The van der Waals surface area contributed by atoms with Crippen LogP contribution in [-0.2, 0) is 11.2 Å². The van der Waals surface area contributed by atoms with Crippen LogP contribution in [0.3, 0.4) is 0 Å². The Kier molecular flexibility index (Phi) is 4.20. The molecule has 1 atom stereocenters. The first-order valence-corrected chi connectivity index (χ1v) is 8.37. The molecule has 0 aromatic carbocycles. The lowest BCUT2D eigenvalue weighted by atomic mass is 10.1. The Labute approximate surface area is 134 Å². The van der Waals surface area contributed by atoms with E-state index in [0.29, 0.717) is 6.42 Å². The molecule has 1 fully saturated rings. The van der Waals surface area contributed by atoms with Crippen LogP contribution in [0, 0.1) is 20.8 Å². The van der Waals surface area contributed by atoms with Crippen LogP contribution in [0.1, 0.15) is 45.9 Å². The van der Waals surface area contributed by atoms with Gasteiger partial charge >= 0.3 is 0 Å². The Morgan fingerprint density at radius 2 is 2.14 bits per heavy atom. The van der Waals surface area contributed by atoms with Gasteiger partial charge in [0.15, 0.2) is 0 Å². The number of carbonyl (C=O) groups is 1. The van der Waals surface area contributed by atoms with Crippen molar-refractivity contribution in [2.45, 2.75) is 46.1 Å². The summed E-state index contributed by atoms with van der Waals surface area (Å²) in [5.74, 6) is 0.164. The summed E-state index contributed by atoms with van der Waals surface area (Å²) < 4.78 is 0. The lowest BCUT2D eigenvalue weighted by Gasteiger charge is -2.24. The van der Waals surface area contributed by atoms with Gasteiger partial charge in [-0.3, -0.25) is 14.8 Å². The molecular formula is C16H20N4OS. The normalized spacial score (nSPS) is 18.0. The molecule has 22 heavy (non-hydrogen) atoms. The van der Waals surface area contributed by atoms with Gasteiger partial charge in [-0.15, -0.1) is 11.3 Å². The average molecular weight is 316 g/mol. The van der Waals surface area contributed by atoms with Crippen molar-refractivity contribution in [3.8, 4) is 0 Å². The van der Waals surface area contributed by atoms with Crippen molar-refractivity contribution >= 4 is 17.2 Å². The third-order valence-electron chi connectivity index (χ3n) is 4.00. The van der Waals surface area contributed by atoms with Gasteiger partial charge in [0.2, 0.25) is 5.91 Å². The van der Waals surface area contributed by atoms with Crippen molar-refractivity contribution in [3.05, 3.63) is 39.4 Å². The SMILES string of the molecule is Cc1cncc([C@H]2CCCN2C(=O)Cc2sc(C)nc2C)n1. The lowest BCUT2D eigenvalue weighted by molar-refractivity contribution is -0.131. The smallest absolute Gasteiger partial charge is 0.228 e. The molecule has 1 aliphatic heterocycles. The highest BCUT2D eigenvalue weighted by Gasteiger charge is 2.31. The van der Waals surface area contributed by atoms with E-state index in [0.717, 1.165) is 46.4 Å². The second-order valence-corrected chi connectivity index (χ2v) is 7.04. The number of aromatic nitrogens is 3. The first-order valence-electron chi connectivity index (χ1n) is 7.55. The molecule has 0 unspecified atom stereocenters. The van der Waals surface area contributed by atoms with Gasteiger partial charge in [0.05, 0.1) is 40.7 Å². The van der Waals surface area contributed by atoms with Gasteiger partial charge in [0.1, 0.15) is 0 Å². The summed E-state index contributed by atoms with van der Waals surface area (Å²) in [5.41, 5.74) is 2.77. The van der Waals surface area contributed by atoms with Crippen molar-refractivity contribution in [1.82, 2.24) is 19.9 Å². The molecule has 3 heterocycles. The molecule has 0 radical (unpaired) electrons. The maximum atomic E-state index is 12.7. The van der Waals surface area contributed by atoms with E-state index in [4.69, 9.17) is 0 Å². The monoisotopic (exact) mass is 316 g/mol. The fourth-order valence-corrected chi connectivity index (χ4v) is 3.92. The molecule has 2 aromatic heterocycles. The van der Waals surface area contributed by atoms with Crippen molar-refractivity contribution in [2.24, 2.45) is 0 Å². The molecule has 1 aliphatic rings. The molecule has 6 heteroatoms. The molecule has 2 aromatic rings. The summed E-state index contributed by atoms with van der Waals surface area (Å²) in [7, 11) is 0. The predicted molar refractivity (Wildman–Crippen MR) is 85.7 cm³/mol. The predicted octanol–water partition coefficient (Wildman–Crippen LogP) is 2.76. The summed E-state index contributed by atoms with van der Waals surface area (Å²) in [6.07, 6.45) is 5.95. The van der Waals surface area contributed by atoms with E-state index >= 15 is 0 Å². The van der Waals surface area contributed by atoms with Crippen LogP contribution in [-0.4, -0.2) is 32.3 Å². The fraction of sp³-hybridized carbons (Fsp3) is 0.500. The first kappa shape index (κ1) is 15.1. The minimum atomic E-state index is 0.0641. The molecular weight excluding hydrogens is 296 g/mol. The van der Waals surface area contributed by atoms with E-state index < -0.39 is 0 Å². The Morgan fingerprint density at radius 1 is 1.32 bits per heavy atom. The molecule has 5 nitrogen and oxygen atoms in total. The topological polar surface area (TPSA) is 59.0 Å². The Hall–Kier alpha value is -1.82. The zero-order valence-corrected chi connectivity index (χ0v) is 14.0. The van der Waals surface area contributed by atoms with Crippen LogP contribution in [0.15, 0.2) is 12.4 Å². The largest absolute Gasteiger partial charge is 0.334 e. The molecule has 1 amide bonds. The van der Waals surface area contributed by atoms with Crippen LogP contribution >= 0.6 is 11.3 Å². The summed E-state index contributed by atoms with van der Waals surface area (Å²) >= 11 is 1.61. The number of thiazole rings is 1. The third kappa shape index (κ3) is 3.02. The van der Waals surface area contributed by atoms with Crippen LogP contribution < -0.4 is 0 Å². The summed E-state index contributed by atoms with van der Waals surface area (Å²) in [6.45, 7) is 6.68. The van der Waals surface area contributed by atoms with E-state index in [2.05, 4.69) is 15.0 Å². The molecule has 3 rings (SSSR count). The summed E-state index contributed by atoms with van der Waals surface area (Å²) in [6, 6.07) is 0.0641.